The van der Waals surface area contributed by atoms with Gasteiger partial charge in [0.2, 0.25) is 11.8 Å². The van der Waals surface area contributed by atoms with Gasteiger partial charge in [-0.25, -0.2) is 4.79 Å². The van der Waals surface area contributed by atoms with E-state index in [1.54, 1.807) is 32.6 Å². The van der Waals surface area contributed by atoms with E-state index in [0.717, 1.165) is 36.0 Å². The molecule has 0 saturated heterocycles. The van der Waals surface area contributed by atoms with Crippen LogP contribution in [0.4, 0.5) is 4.79 Å². The maximum absolute atomic E-state index is 13.7. The van der Waals surface area contributed by atoms with Crippen molar-refractivity contribution in [3.05, 3.63) is 34.9 Å². The maximum atomic E-state index is 13.7. The van der Waals surface area contributed by atoms with Crippen LogP contribution in [0.3, 0.4) is 0 Å². The van der Waals surface area contributed by atoms with Crippen molar-refractivity contribution in [2.24, 2.45) is 0 Å². The molecule has 0 spiro atoms. The summed E-state index contributed by atoms with van der Waals surface area (Å²) in [4.78, 5) is 41.3. The van der Waals surface area contributed by atoms with Crippen LogP contribution in [0, 0.1) is 13.8 Å². The lowest BCUT2D eigenvalue weighted by Gasteiger charge is -2.44. The number of aryl methyl sites for hydroxylation is 2. The zero-order valence-electron chi connectivity index (χ0n) is 21.7. The van der Waals surface area contributed by atoms with E-state index in [1.807, 2.05) is 52.8 Å². The average molecular weight is 460 g/mol. The van der Waals surface area contributed by atoms with Crippen LogP contribution in [0.1, 0.15) is 90.5 Å². The van der Waals surface area contributed by atoms with Gasteiger partial charge in [0.05, 0.1) is 0 Å². The van der Waals surface area contributed by atoms with Crippen LogP contribution in [0.15, 0.2) is 18.2 Å². The first-order valence-electron chi connectivity index (χ1n) is 11.8. The highest BCUT2D eigenvalue weighted by Gasteiger charge is 2.41. The first kappa shape index (κ1) is 26.7. The van der Waals surface area contributed by atoms with Crippen molar-refractivity contribution in [1.29, 1.82) is 0 Å². The van der Waals surface area contributed by atoms with E-state index in [1.165, 1.54) is 0 Å². The molecule has 0 aromatic heterocycles. The Morgan fingerprint density at radius 3 is 1.97 bits per heavy atom. The number of benzene rings is 1. The minimum Gasteiger partial charge on any atom is -0.444 e. The molecule has 0 heterocycles. The SMILES string of the molecule is Cc1cc(C)cc(C(C(=O)NC(C)(C)C)N(C(=O)C(C)NC(=O)OC(C)(C)C)C2CCC2)c1. The monoisotopic (exact) mass is 459 g/mol. The molecule has 0 radical (unpaired) electrons. The molecule has 0 bridgehead atoms. The molecule has 2 atom stereocenters. The number of rotatable bonds is 6. The molecule has 1 saturated carbocycles. The van der Waals surface area contributed by atoms with Crippen molar-refractivity contribution in [3.63, 3.8) is 0 Å². The number of nitrogens with one attached hydrogen (secondary N) is 2. The fourth-order valence-corrected chi connectivity index (χ4v) is 4.00. The second-order valence-corrected chi connectivity index (χ2v) is 11.3. The first-order valence-corrected chi connectivity index (χ1v) is 11.8. The Morgan fingerprint density at radius 2 is 1.55 bits per heavy atom. The lowest BCUT2D eigenvalue weighted by atomic mass is 9.87. The van der Waals surface area contributed by atoms with Gasteiger partial charge in [0, 0.05) is 11.6 Å². The standard InChI is InChI=1S/C26H41N3O4/c1-16-13-17(2)15-19(14-16)21(22(30)28-25(4,5)6)29(20-11-10-12-20)23(31)18(3)27-24(32)33-26(7,8)9/h13-15,18,20-21H,10-12H2,1-9H3,(H,27,32)(H,28,30). The summed E-state index contributed by atoms with van der Waals surface area (Å²) in [7, 11) is 0. The molecule has 1 aliphatic carbocycles. The highest BCUT2D eigenvalue weighted by molar-refractivity contribution is 5.92. The van der Waals surface area contributed by atoms with Gasteiger partial charge < -0.3 is 20.3 Å². The summed E-state index contributed by atoms with van der Waals surface area (Å²) in [5.41, 5.74) is 1.70. The van der Waals surface area contributed by atoms with E-state index < -0.39 is 29.3 Å². The molecule has 1 aromatic carbocycles. The predicted octanol–water partition coefficient (Wildman–Crippen LogP) is 4.55. The van der Waals surface area contributed by atoms with Gasteiger partial charge in [0.15, 0.2) is 0 Å². The Bertz CT molecular complexity index is 858. The first-order chi connectivity index (χ1) is 15.1. The van der Waals surface area contributed by atoms with Gasteiger partial charge in [-0.05, 0) is 87.1 Å². The van der Waals surface area contributed by atoms with E-state index in [2.05, 4.69) is 10.6 Å². The Kier molecular flexibility index (Phi) is 8.20. The Hall–Kier alpha value is -2.57. The van der Waals surface area contributed by atoms with E-state index >= 15 is 0 Å². The molecule has 1 aromatic rings. The summed E-state index contributed by atoms with van der Waals surface area (Å²) in [6, 6.07) is 4.29. The average Bonchev–Trinajstić information content (AvgIpc) is 2.54. The summed E-state index contributed by atoms with van der Waals surface area (Å²) in [5, 5.41) is 5.71. The molecule has 2 rings (SSSR count). The highest BCUT2D eigenvalue weighted by atomic mass is 16.6. The van der Waals surface area contributed by atoms with Crippen LogP contribution in [0.2, 0.25) is 0 Å². The molecule has 2 N–H and O–H groups in total. The topological polar surface area (TPSA) is 87.7 Å². The molecule has 0 aliphatic heterocycles. The van der Waals surface area contributed by atoms with Gasteiger partial charge in [-0.1, -0.05) is 29.3 Å². The molecule has 7 heteroatoms. The van der Waals surface area contributed by atoms with Gasteiger partial charge in [0.25, 0.3) is 0 Å². The second-order valence-electron chi connectivity index (χ2n) is 11.3. The fraction of sp³-hybridized carbons (Fsp3) is 0.654. The van der Waals surface area contributed by atoms with Crippen molar-refractivity contribution in [2.45, 2.75) is 111 Å². The van der Waals surface area contributed by atoms with Crippen molar-refractivity contribution in [3.8, 4) is 0 Å². The van der Waals surface area contributed by atoms with Gasteiger partial charge in [-0.2, -0.15) is 0 Å². The number of hydrogen-bond donors (Lipinski definition) is 2. The molecule has 7 nitrogen and oxygen atoms in total. The van der Waals surface area contributed by atoms with Crippen LogP contribution < -0.4 is 10.6 Å². The number of hydrogen-bond acceptors (Lipinski definition) is 4. The third-order valence-corrected chi connectivity index (χ3v) is 5.41. The number of ether oxygens (including phenoxy) is 1. The Labute approximate surface area is 198 Å². The largest absolute Gasteiger partial charge is 0.444 e. The molecule has 3 amide bonds. The summed E-state index contributed by atoms with van der Waals surface area (Å²) in [6.45, 7) is 16.7. The third-order valence-electron chi connectivity index (χ3n) is 5.41. The van der Waals surface area contributed by atoms with Crippen LogP contribution in [-0.4, -0.2) is 46.0 Å². The number of amides is 3. The molecule has 33 heavy (non-hydrogen) atoms. The molecule has 2 unspecified atom stereocenters. The van der Waals surface area contributed by atoms with Crippen LogP contribution in [0.5, 0.6) is 0 Å². The van der Waals surface area contributed by atoms with E-state index in [4.69, 9.17) is 4.74 Å². The predicted molar refractivity (Wildman–Crippen MR) is 130 cm³/mol. The van der Waals surface area contributed by atoms with Gasteiger partial charge in [0.1, 0.15) is 17.7 Å². The lowest BCUT2D eigenvalue weighted by molar-refractivity contribution is -0.147. The molecule has 184 valence electrons. The van der Waals surface area contributed by atoms with Gasteiger partial charge >= 0.3 is 6.09 Å². The van der Waals surface area contributed by atoms with Crippen molar-refractivity contribution in [1.82, 2.24) is 15.5 Å². The zero-order chi connectivity index (χ0) is 25.1. The van der Waals surface area contributed by atoms with Gasteiger partial charge in [-0.15, -0.1) is 0 Å². The van der Waals surface area contributed by atoms with E-state index in [-0.39, 0.29) is 17.9 Å². The lowest BCUT2D eigenvalue weighted by Crippen LogP contribution is -2.58. The van der Waals surface area contributed by atoms with Crippen molar-refractivity contribution < 1.29 is 19.1 Å². The minimum absolute atomic E-state index is 0.0584. The Balaban J connectivity index is 2.44. The quantitative estimate of drug-likeness (QED) is 0.653. The molecule has 1 aliphatic rings. The fourth-order valence-electron chi connectivity index (χ4n) is 4.00. The number of carbonyl (C=O) groups excluding carboxylic acids is 3. The smallest absolute Gasteiger partial charge is 0.408 e. The number of alkyl carbamates (subject to hydrolysis) is 1. The van der Waals surface area contributed by atoms with Crippen LogP contribution >= 0.6 is 0 Å². The number of nitrogens with zero attached hydrogens (tertiary/aromatic N) is 1. The normalized spacial score (nSPS) is 16.3. The van der Waals surface area contributed by atoms with Crippen molar-refractivity contribution >= 4 is 17.9 Å². The zero-order valence-corrected chi connectivity index (χ0v) is 21.7. The molecular formula is C26H41N3O4. The molecular weight excluding hydrogens is 418 g/mol. The molecule has 1 fully saturated rings. The summed E-state index contributed by atoms with van der Waals surface area (Å²) in [6.07, 6.45) is 2.01. The third kappa shape index (κ3) is 7.76. The van der Waals surface area contributed by atoms with Crippen LogP contribution in [0.25, 0.3) is 0 Å². The van der Waals surface area contributed by atoms with Gasteiger partial charge in [-0.3, -0.25) is 9.59 Å². The van der Waals surface area contributed by atoms with Crippen molar-refractivity contribution in [2.75, 3.05) is 0 Å². The summed E-state index contributed by atoms with van der Waals surface area (Å²) in [5.74, 6) is -0.518. The van der Waals surface area contributed by atoms with Crippen LogP contribution in [-0.2, 0) is 14.3 Å². The summed E-state index contributed by atoms with van der Waals surface area (Å²) >= 11 is 0. The van der Waals surface area contributed by atoms with E-state index in [9.17, 15) is 14.4 Å². The summed E-state index contributed by atoms with van der Waals surface area (Å²) < 4.78 is 5.33. The minimum atomic E-state index is -0.837. The maximum Gasteiger partial charge on any atom is 0.408 e. The van der Waals surface area contributed by atoms with E-state index in [0.29, 0.717) is 0 Å². The Morgan fingerprint density at radius 1 is 1.00 bits per heavy atom. The number of carbonyl (C=O) groups is 3. The highest BCUT2D eigenvalue weighted by Crippen LogP contribution is 2.34. The second kappa shape index (κ2) is 10.1.